The largest absolute Gasteiger partial charge is 0.360 e. The van der Waals surface area contributed by atoms with Crippen molar-refractivity contribution in [1.82, 2.24) is 5.32 Å². The van der Waals surface area contributed by atoms with Crippen molar-refractivity contribution in [3.8, 4) is 0 Å². The third-order valence-electron chi connectivity index (χ3n) is 4.16. The van der Waals surface area contributed by atoms with Crippen LogP contribution in [0.3, 0.4) is 0 Å². The molecule has 1 aliphatic rings. The Morgan fingerprint density at radius 2 is 1.81 bits per heavy atom. The van der Waals surface area contributed by atoms with Crippen molar-refractivity contribution in [1.29, 1.82) is 0 Å². The third-order valence-corrected chi connectivity index (χ3v) is 4.16. The first-order chi connectivity index (χ1) is 10.2. The number of hydrogen-bond acceptors (Lipinski definition) is 2. The first-order valence-corrected chi connectivity index (χ1v) is 7.53. The fourth-order valence-electron chi connectivity index (χ4n) is 2.98. The summed E-state index contributed by atoms with van der Waals surface area (Å²) in [4.78, 5) is 2.10. The number of fused-ring (bicyclic) bond motifs is 1. The van der Waals surface area contributed by atoms with Crippen molar-refractivity contribution in [3.63, 3.8) is 0 Å². The Bertz CT molecular complexity index is 614. The first-order valence-electron chi connectivity index (χ1n) is 7.53. The molecule has 0 bridgehead atoms. The Balaban J connectivity index is 1.82. The van der Waals surface area contributed by atoms with E-state index in [1.807, 2.05) is 24.3 Å². The molecule has 0 spiro atoms. The molecule has 1 aliphatic heterocycles. The minimum Gasteiger partial charge on any atom is -0.360 e. The van der Waals surface area contributed by atoms with Crippen molar-refractivity contribution >= 4 is 5.69 Å². The molecule has 0 aromatic heterocycles. The summed E-state index contributed by atoms with van der Waals surface area (Å²) in [5.74, 6) is -0.134. The summed E-state index contributed by atoms with van der Waals surface area (Å²) in [5, 5.41) is 3.31. The van der Waals surface area contributed by atoms with Gasteiger partial charge in [-0.2, -0.15) is 0 Å². The van der Waals surface area contributed by atoms with E-state index in [4.69, 9.17) is 0 Å². The van der Waals surface area contributed by atoms with Gasteiger partial charge in [0.05, 0.1) is 5.69 Å². The molecule has 3 rings (SSSR count). The van der Waals surface area contributed by atoms with E-state index in [1.165, 1.54) is 11.1 Å². The van der Waals surface area contributed by atoms with Crippen LogP contribution in [0.15, 0.2) is 42.5 Å². The SMILES string of the molecule is CCNC(C)c1ccc(N2Cc3ccccc3C2)c(F)c1. The molecule has 2 nitrogen and oxygen atoms in total. The number of rotatable bonds is 4. The average molecular weight is 284 g/mol. The van der Waals surface area contributed by atoms with Crippen molar-refractivity contribution in [2.75, 3.05) is 11.4 Å². The van der Waals surface area contributed by atoms with Gasteiger partial charge in [-0.15, -0.1) is 0 Å². The van der Waals surface area contributed by atoms with Gasteiger partial charge in [0.1, 0.15) is 5.82 Å². The van der Waals surface area contributed by atoms with Crippen LogP contribution < -0.4 is 10.2 Å². The van der Waals surface area contributed by atoms with Gasteiger partial charge < -0.3 is 10.2 Å². The number of hydrogen-bond donors (Lipinski definition) is 1. The average Bonchev–Trinajstić information content (AvgIpc) is 2.90. The van der Waals surface area contributed by atoms with E-state index in [1.54, 1.807) is 6.07 Å². The maximum atomic E-state index is 14.5. The van der Waals surface area contributed by atoms with Crippen LogP contribution in [-0.2, 0) is 13.1 Å². The summed E-state index contributed by atoms with van der Waals surface area (Å²) in [6.07, 6.45) is 0. The molecule has 2 aromatic carbocycles. The Labute approximate surface area is 125 Å². The van der Waals surface area contributed by atoms with Crippen LogP contribution in [0.1, 0.15) is 36.6 Å². The van der Waals surface area contributed by atoms with E-state index >= 15 is 0 Å². The smallest absolute Gasteiger partial charge is 0.146 e. The first kappa shape index (κ1) is 14.1. The maximum Gasteiger partial charge on any atom is 0.146 e. The number of nitrogens with zero attached hydrogens (tertiary/aromatic N) is 1. The topological polar surface area (TPSA) is 15.3 Å². The Kier molecular flexibility index (Phi) is 3.93. The van der Waals surface area contributed by atoms with Gasteiger partial charge >= 0.3 is 0 Å². The highest BCUT2D eigenvalue weighted by Crippen LogP contribution is 2.31. The summed E-state index contributed by atoms with van der Waals surface area (Å²) in [6, 6.07) is 14.1. The number of benzene rings is 2. The molecule has 1 N–H and O–H groups in total. The summed E-state index contributed by atoms with van der Waals surface area (Å²) < 4.78 is 14.5. The van der Waals surface area contributed by atoms with Gasteiger partial charge in [0, 0.05) is 19.1 Å². The van der Waals surface area contributed by atoms with Gasteiger partial charge in [-0.1, -0.05) is 37.3 Å². The molecule has 2 aromatic rings. The summed E-state index contributed by atoms with van der Waals surface area (Å²) in [7, 11) is 0. The molecule has 1 unspecified atom stereocenters. The van der Waals surface area contributed by atoms with Gasteiger partial charge in [-0.3, -0.25) is 0 Å². The van der Waals surface area contributed by atoms with Crippen molar-refractivity contribution < 1.29 is 4.39 Å². The van der Waals surface area contributed by atoms with Gasteiger partial charge in [-0.05, 0) is 42.3 Å². The molecule has 0 aliphatic carbocycles. The highest BCUT2D eigenvalue weighted by atomic mass is 19.1. The monoisotopic (exact) mass is 284 g/mol. The number of nitrogens with one attached hydrogen (secondary N) is 1. The van der Waals surface area contributed by atoms with Crippen LogP contribution in [0.2, 0.25) is 0 Å². The van der Waals surface area contributed by atoms with E-state index in [-0.39, 0.29) is 11.9 Å². The van der Waals surface area contributed by atoms with E-state index in [0.29, 0.717) is 5.69 Å². The molecule has 110 valence electrons. The number of anilines is 1. The minimum atomic E-state index is -0.134. The molecule has 3 heteroatoms. The normalized spacial score (nSPS) is 15.1. The molecular weight excluding hydrogens is 263 g/mol. The lowest BCUT2D eigenvalue weighted by Crippen LogP contribution is -2.19. The predicted octanol–water partition coefficient (Wildman–Crippen LogP) is 4.02. The Hall–Kier alpha value is -1.87. The Morgan fingerprint density at radius 1 is 1.14 bits per heavy atom. The van der Waals surface area contributed by atoms with Crippen molar-refractivity contribution in [2.45, 2.75) is 33.0 Å². The molecule has 1 atom stereocenters. The molecule has 0 saturated heterocycles. The van der Waals surface area contributed by atoms with Crippen LogP contribution in [0.4, 0.5) is 10.1 Å². The summed E-state index contributed by atoms with van der Waals surface area (Å²) in [6.45, 7) is 6.57. The predicted molar refractivity (Wildman–Crippen MR) is 84.8 cm³/mol. The molecule has 1 heterocycles. The summed E-state index contributed by atoms with van der Waals surface area (Å²) >= 11 is 0. The highest BCUT2D eigenvalue weighted by molar-refractivity contribution is 5.54. The lowest BCUT2D eigenvalue weighted by Gasteiger charge is -2.20. The van der Waals surface area contributed by atoms with E-state index in [0.717, 1.165) is 25.2 Å². The van der Waals surface area contributed by atoms with Crippen LogP contribution >= 0.6 is 0 Å². The van der Waals surface area contributed by atoms with E-state index in [2.05, 4.69) is 36.2 Å². The van der Waals surface area contributed by atoms with E-state index in [9.17, 15) is 4.39 Å². The maximum absolute atomic E-state index is 14.5. The molecule has 21 heavy (non-hydrogen) atoms. The van der Waals surface area contributed by atoms with Crippen LogP contribution in [0.5, 0.6) is 0 Å². The van der Waals surface area contributed by atoms with Crippen LogP contribution in [0, 0.1) is 5.82 Å². The molecule has 0 fully saturated rings. The van der Waals surface area contributed by atoms with Crippen molar-refractivity contribution in [3.05, 3.63) is 65.0 Å². The third kappa shape index (κ3) is 2.79. The molecule has 0 amide bonds. The Morgan fingerprint density at radius 3 is 2.38 bits per heavy atom. The van der Waals surface area contributed by atoms with Gasteiger partial charge in [0.2, 0.25) is 0 Å². The number of halogens is 1. The molecular formula is C18H21FN2. The molecule has 0 saturated carbocycles. The summed E-state index contributed by atoms with van der Waals surface area (Å²) in [5.41, 5.74) is 4.28. The minimum absolute atomic E-state index is 0.134. The van der Waals surface area contributed by atoms with Crippen molar-refractivity contribution in [2.24, 2.45) is 0 Å². The van der Waals surface area contributed by atoms with Gasteiger partial charge in [0.25, 0.3) is 0 Å². The fraction of sp³-hybridized carbons (Fsp3) is 0.333. The van der Waals surface area contributed by atoms with E-state index < -0.39 is 0 Å². The second-order valence-electron chi connectivity index (χ2n) is 5.61. The van der Waals surface area contributed by atoms with Crippen LogP contribution in [-0.4, -0.2) is 6.54 Å². The quantitative estimate of drug-likeness (QED) is 0.912. The second-order valence-corrected chi connectivity index (χ2v) is 5.61. The zero-order valence-corrected chi connectivity index (χ0v) is 12.6. The second kappa shape index (κ2) is 5.86. The zero-order valence-electron chi connectivity index (χ0n) is 12.6. The lowest BCUT2D eigenvalue weighted by molar-refractivity contribution is 0.581. The molecule has 0 radical (unpaired) electrons. The van der Waals surface area contributed by atoms with Crippen LogP contribution in [0.25, 0.3) is 0 Å². The highest BCUT2D eigenvalue weighted by Gasteiger charge is 2.21. The fourth-order valence-corrected chi connectivity index (χ4v) is 2.98. The van der Waals surface area contributed by atoms with Gasteiger partial charge in [-0.25, -0.2) is 4.39 Å². The van der Waals surface area contributed by atoms with Gasteiger partial charge in [0.15, 0.2) is 0 Å². The lowest BCUT2D eigenvalue weighted by atomic mass is 10.1. The zero-order chi connectivity index (χ0) is 14.8. The standard InChI is InChI=1S/C18H21FN2/c1-3-20-13(2)14-8-9-18(17(19)10-14)21-11-15-6-4-5-7-16(15)12-21/h4-10,13,20H,3,11-12H2,1-2H3.